The number of likely N-dealkylation sites (tertiary alicyclic amines) is 1. The van der Waals surface area contributed by atoms with Gasteiger partial charge in [-0.05, 0) is 36.8 Å². The van der Waals surface area contributed by atoms with Crippen molar-refractivity contribution in [3.8, 4) is 0 Å². The minimum atomic E-state index is 0.0959. The first-order chi connectivity index (χ1) is 13.1. The summed E-state index contributed by atoms with van der Waals surface area (Å²) in [5, 5.41) is 0. The average Bonchev–Trinajstić information content (AvgIpc) is 2.71. The number of nitrogens with zero attached hydrogens (tertiary/aromatic N) is 3. The number of β-lactam (4-membered cyclic amide) rings is 1. The maximum absolute atomic E-state index is 12.1. The fourth-order valence-electron chi connectivity index (χ4n) is 3.87. The number of carbonyl (C=O) groups excluding carboxylic acids is 2. The van der Waals surface area contributed by atoms with Crippen molar-refractivity contribution < 1.29 is 9.59 Å². The van der Waals surface area contributed by atoms with Crippen LogP contribution in [0.4, 0.5) is 5.69 Å². The zero-order valence-electron chi connectivity index (χ0n) is 15.7. The molecule has 2 saturated heterocycles. The number of piperazine rings is 1. The van der Waals surface area contributed by atoms with E-state index in [-0.39, 0.29) is 17.7 Å². The zero-order chi connectivity index (χ0) is 18.8. The molecule has 2 fully saturated rings. The summed E-state index contributed by atoms with van der Waals surface area (Å²) >= 11 is 0. The van der Waals surface area contributed by atoms with Crippen molar-refractivity contribution in [3.05, 3.63) is 65.7 Å². The summed E-state index contributed by atoms with van der Waals surface area (Å²) in [6.45, 7) is 6.01. The third-order valence-corrected chi connectivity index (χ3v) is 5.61. The van der Waals surface area contributed by atoms with Crippen molar-refractivity contribution in [3.63, 3.8) is 0 Å². The highest BCUT2D eigenvalue weighted by atomic mass is 16.2. The third kappa shape index (κ3) is 3.74. The Bertz CT molecular complexity index is 811. The van der Waals surface area contributed by atoms with Crippen LogP contribution in [0.3, 0.4) is 0 Å². The van der Waals surface area contributed by atoms with Crippen molar-refractivity contribution in [1.82, 2.24) is 9.80 Å². The van der Waals surface area contributed by atoms with Crippen molar-refractivity contribution in [1.29, 1.82) is 0 Å². The van der Waals surface area contributed by atoms with Gasteiger partial charge in [-0.15, -0.1) is 0 Å². The Morgan fingerprint density at radius 1 is 0.963 bits per heavy atom. The van der Waals surface area contributed by atoms with Crippen LogP contribution in [0, 0.1) is 0 Å². The maximum atomic E-state index is 12.1. The van der Waals surface area contributed by atoms with E-state index in [4.69, 9.17) is 0 Å². The molecule has 1 amide bonds. The van der Waals surface area contributed by atoms with Gasteiger partial charge in [0.1, 0.15) is 0 Å². The number of amides is 1. The molecular weight excluding hydrogens is 338 g/mol. The summed E-state index contributed by atoms with van der Waals surface area (Å²) in [5.74, 6) is 0.338. The number of Topliss-reactive ketones (excluding diaryl/α,β-unsaturated/α-hetero) is 1. The van der Waals surface area contributed by atoms with E-state index in [0.29, 0.717) is 13.1 Å². The highest BCUT2D eigenvalue weighted by Gasteiger charge is 2.38. The summed E-state index contributed by atoms with van der Waals surface area (Å²) in [6, 6.07) is 18.3. The lowest BCUT2D eigenvalue weighted by Gasteiger charge is -2.45. The van der Waals surface area contributed by atoms with E-state index >= 15 is 0 Å². The van der Waals surface area contributed by atoms with E-state index in [1.807, 2.05) is 47.4 Å². The van der Waals surface area contributed by atoms with Gasteiger partial charge in [0, 0.05) is 37.4 Å². The summed E-state index contributed by atoms with van der Waals surface area (Å²) in [6.07, 6.45) is 0.618. The van der Waals surface area contributed by atoms with Crippen LogP contribution in [0.5, 0.6) is 0 Å². The Hall–Kier alpha value is -2.66. The zero-order valence-corrected chi connectivity index (χ0v) is 15.7. The van der Waals surface area contributed by atoms with Crippen molar-refractivity contribution in [2.24, 2.45) is 0 Å². The topological polar surface area (TPSA) is 43.9 Å². The number of ketones is 1. The Morgan fingerprint density at radius 2 is 1.63 bits per heavy atom. The van der Waals surface area contributed by atoms with Crippen LogP contribution in [-0.4, -0.2) is 54.3 Å². The fraction of sp³-hybridized carbons (Fsp3) is 0.364. The summed E-state index contributed by atoms with van der Waals surface area (Å²) in [5.41, 5.74) is 3.13. The molecule has 0 N–H and O–H groups in total. The predicted molar refractivity (Wildman–Crippen MR) is 106 cm³/mol. The number of rotatable bonds is 5. The van der Waals surface area contributed by atoms with Gasteiger partial charge in [-0.3, -0.25) is 14.5 Å². The SMILES string of the molecule is CC(=O)c1ccc(N2CCN(CN3C(=O)C[C@@H]3c3ccccc3)CC2)cc1. The van der Waals surface area contributed by atoms with E-state index < -0.39 is 0 Å². The highest BCUT2D eigenvalue weighted by molar-refractivity contribution is 5.94. The van der Waals surface area contributed by atoms with Gasteiger partial charge < -0.3 is 9.80 Å². The molecule has 27 heavy (non-hydrogen) atoms. The normalized spacial score (nSPS) is 20.5. The molecule has 1 atom stereocenters. The lowest BCUT2D eigenvalue weighted by molar-refractivity contribution is -0.150. The minimum Gasteiger partial charge on any atom is -0.369 e. The van der Waals surface area contributed by atoms with Crippen molar-refractivity contribution in [2.75, 3.05) is 37.7 Å². The molecule has 5 nitrogen and oxygen atoms in total. The predicted octanol–water partition coefficient (Wildman–Crippen LogP) is 2.94. The van der Waals surface area contributed by atoms with Gasteiger partial charge in [-0.1, -0.05) is 30.3 Å². The van der Waals surface area contributed by atoms with E-state index in [1.54, 1.807) is 6.92 Å². The van der Waals surface area contributed by atoms with Gasteiger partial charge in [0.05, 0.1) is 19.1 Å². The Morgan fingerprint density at radius 3 is 2.22 bits per heavy atom. The molecule has 0 aromatic heterocycles. The van der Waals surface area contributed by atoms with E-state index in [9.17, 15) is 9.59 Å². The minimum absolute atomic E-state index is 0.0959. The van der Waals surface area contributed by atoms with E-state index in [0.717, 1.165) is 37.4 Å². The second-order valence-electron chi connectivity index (χ2n) is 7.34. The van der Waals surface area contributed by atoms with E-state index in [2.05, 4.69) is 21.9 Å². The lowest BCUT2D eigenvalue weighted by atomic mass is 9.94. The van der Waals surface area contributed by atoms with Crippen molar-refractivity contribution in [2.45, 2.75) is 19.4 Å². The highest BCUT2D eigenvalue weighted by Crippen LogP contribution is 2.34. The first-order valence-corrected chi connectivity index (χ1v) is 9.54. The Labute approximate surface area is 160 Å². The quantitative estimate of drug-likeness (QED) is 0.605. The Balaban J connectivity index is 1.33. The molecule has 2 aliphatic heterocycles. The fourth-order valence-corrected chi connectivity index (χ4v) is 3.87. The van der Waals surface area contributed by atoms with Gasteiger partial charge in [-0.2, -0.15) is 0 Å². The summed E-state index contributed by atoms with van der Waals surface area (Å²) < 4.78 is 0. The van der Waals surface area contributed by atoms with Crippen molar-refractivity contribution >= 4 is 17.4 Å². The standard InChI is InChI=1S/C22H25N3O2/c1-17(26)18-7-9-20(10-8-18)24-13-11-23(12-14-24)16-25-21(15-22(25)27)19-5-3-2-4-6-19/h2-10,21H,11-16H2,1H3/t21-/m1/s1. The second-order valence-corrected chi connectivity index (χ2v) is 7.34. The lowest BCUT2D eigenvalue weighted by Crippen LogP contribution is -2.55. The molecule has 0 spiro atoms. The van der Waals surface area contributed by atoms with Crippen LogP contribution in [0.2, 0.25) is 0 Å². The molecule has 140 valence electrons. The van der Waals surface area contributed by atoms with Gasteiger partial charge >= 0.3 is 0 Å². The molecule has 5 heteroatoms. The number of carbonyl (C=O) groups is 2. The molecule has 4 rings (SSSR count). The molecular formula is C22H25N3O2. The second kappa shape index (κ2) is 7.53. The van der Waals surface area contributed by atoms with Gasteiger partial charge in [0.15, 0.2) is 5.78 Å². The number of hydrogen-bond acceptors (Lipinski definition) is 4. The third-order valence-electron chi connectivity index (χ3n) is 5.61. The van der Waals surface area contributed by atoms with Gasteiger partial charge in [0.2, 0.25) is 5.91 Å². The molecule has 0 saturated carbocycles. The maximum Gasteiger partial charge on any atom is 0.226 e. The van der Waals surface area contributed by atoms with Gasteiger partial charge in [-0.25, -0.2) is 0 Å². The van der Waals surface area contributed by atoms with Gasteiger partial charge in [0.25, 0.3) is 0 Å². The molecule has 2 heterocycles. The largest absolute Gasteiger partial charge is 0.369 e. The van der Waals surface area contributed by atoms with Crippen LogP contribution in [0.1, 0.15) is 35.3 Å². The van der Waals surface area contributed by atoms with Crippen LogP contribution >= 0.6 is 0 Å². The molecule has 2 aromatic carbocycles. The first kappa shape index (κ1) is 17.7. The molecule has 0 radical (unpaired) electrons. The summed E-state index contributed by atoms with van der Waals surface area (Å²) in [7, 11) is 0. The number of anilines is 1. The smallest absolute Gasteiger partial charge is 0.226 e. The van der Waals surface area contributed by atoms with Crippen LogP contribution in [-0.2, 0) is 4.79 Å². The molecule has 2 aromatic rings. The first-order valence-electron chi connectivity index (χ1n) is 9.54. The van der Waals surface area contributed by atoms with Crippen LogP contribution < -0.4 is 4.90 Å². The molecule has 0 bridgehead atoms. The molecule has 0 unspecified atom stereocenters. The average molecular weight is 363 g/mol. The van der Waals surface area contributed by atoms with E-state index in [1.165, 1.54) is 5.56 Å². The number of hydrogen-bond donors (Lipinski definition) is 0. The van der Waals surface area contributed by atoms with Crippen LogP contribution in [0.15, 0.2) is 54.6 Å². The van der Waals surface area contributed by atoms with Crippen LogP contribution in [0.25, 0.3) is 0 Å². The Kier molecular flexibility index (Phi) is 4.94. The number of benzene rings is 2. The molecule has 2 aliphatic rings. The monoisotopic (exact) mass is 363 g/mol. The summed E-state index contributed by atoms with van der Waals surface area (Å²) in [4.78, 5) is 30.2. The molecule has 0 aliphatic carbocycles.